The zero-order valence-electron chi connectivity index (χ0n) is 4.78. The average molecular weight is 152 g/mol. The molecule has 1 heterocycles. The molecule has 1 unspecified atom stereocenters. The summed E-state index contributed by atoms with van der Waals surface area (Å²) in [6.45, 7) is 0. The second-order valence-corrected chi connectivity index (χ2v) is 4.36. The quantitative estimate of drug-likeness (QED) is 0.412. The lowest BCUT2D eigenvalue weighted by molar-refractivity contribution is -0.271. The fraction of sp³-hybridized carbons (Fsp3) is 1.00. The molecule has 0 amide bonds. The predicted octanol–water partition coefficient (Wildman–Crippen LogP) is -0.337. The Labute approximate surface area is 53.3 Å². The molecular formula is C4H8O4S. The van der Waals surface area contributed by atoms with Gasteiger partial charge in [0.25, 0.3) is 0 Å². The van der Waals surface area contributed by atoms with Crippen molar-refractivity contribution >= 4 is 9.84 Å². The first kappa shape index (κ1) is 6.98. The molecule has 1 fully saturated rings. The summed E-state index contributed by atoms with van der Waals surface area (Å²) in [4.78, 5) is 3.87. The van der Waals surface area contributed by atoms with Gasteiger partial charge in [0.1, 0.15) is 6.10 Å². The van der Waals surface area contributed by atoms with E-state index in [-0.39, 0.29) is 11.5 Å². The van der Waals surface area contributed by atoms with Gasteiger partial charge in [0.05, 0.1) is 11.5 Å². The molecule has 54 valence electrons. The van der Waals surface area contributed by atoms with Crippen molar-refractivity contribution in [1.29, 1.82) is 0 Å². The number of rotatable bonds is 1. The van der Waals surface area contributed by atoms with Crippen LogP contribution in [0.1, 0.15) is 6.42 Å². The number of sulfone groups is 1. The molecule has 0 aromatic heterocycles. The maximum absolute atomic E-state index is 10.6. The van der Waals surface area contributed by atoms with Crippen LogP contribution in [0.3, 0.4) is 0 Å². The van der Waals surface area contributed by atoms with Gasteiger partial charge in [0.15, 0.2) is 9.84 Å². The van der Waals surface area contributed by atoms with Crippen LogP contribution >= 0.6 is 0 Å². The van der Waals surface area contributed by atoms with Crippen LogP contribution in [0.2, 0.25) is 0 Å². The second-order valence-electron chi connectivity index (χ2n) is 2.13. The van der Waals surface area contributed by atoms with Crippen LogP contribution in [-0.4, -0.2) is 31.3 Å². The topological polar surface area (TPSA) is 63.6 Å². The van der Waals surface area contributed by atoms with Crippen LogP contribution in [0.5, 0.6) is 0 Å². The maximum atomic E-state index is 10.6. The van der Waals surface area contributed by atoms with Gasteiger partial charge in [-0.2, -0.15) is 0 Å². The van der Waals surface area contributed by atoms with Crippen LogP contribution in [0.15, 0.2) is 0 Å². The predicted molar refractivity (Wildman–Crippen MR) is 30.8 cm³/mol. The molecule has 0 radical (unpaired) electrons. The molecule has 1 atom stereocenters. The van der Waals surface area contributed by atoms with E-state index in [0.29, 0.717) is 6.42 Å². The minimum atomic E-state index is -2.89. The third-order valence-electron chi connectivity index (χ3n) is 1.34. The van der Waals surface area contributed by atoms with Gasteiger partial charge in [-0.15, -0.1) is 0 Å². The van der Waals surface area contributed by atoms with Crippen LogP contribution in [0.4, 0.5) is 0 Å². The van der Waals surface area contributed by atoms with Crippen LogP contribution in [0, 0.1) is 0 Å². The highest BCUT2D eigenvalue weighted by molar-refractivity contribution is 7.91. The first-order valence-electron chi connectivity index (χ1n) is 2.65. The van der Waals surface area contributed by atoms with Gasteiger partial charge in [-0.3, -0.25) is 5.26 Å². The van der Waals surface area contributed by atoms with E-state index in [1.54, 1.807) is 0 Å². The highest BCUT2D eigenvalue weighted by Crippen LogP contribution is 2.12. The Morgan fingerprint density at radius 1 is 1.56 bits per heavy atom. The molecule has 0 aliphatic carbocycles. The monoisotopic (exact) mass is 152 g/mol. The smallest absolute Gasteiger partial charge is 0.153 e. The molecule has 1 rings (SSSR count). The van der Waals surface area contributed by atoms with Crippen molar-refractivity contribution in [1.82, 2.24) is 0 Å². The standard InChI is InChI=1S/C4H8O4S/c5-8-4-1-2-9(6,7)3-4/h4-5H,1-3H2. The van der Waals surface area contributed by atoms with Gasteiger partial charge in [-0.25, -0.2) is 13.3 Å². The van der Waals surface area contributed by atoms with Crippen molar-refractivity contribution in [3.8, 4) is 0 Å². The Kier molecular flexibility index (Phi) is 1.74. The van der Waals surface area contributed by atoms with E-state index in [9.17, 15) is 8.42 Å². The van der Waals surface area contributed by atoms with E-state index < -0.39 is 15.9 Å². The molecule has 1 aliphatic rings. The van der Waals surface area contributed by atoms with Crippen LogP contribution in [-0.2, 0) is 14.7 Å². The Bertz CT molecular complexity index is 183. The highest BCUT2D eigenvalue weighted by Gasteiger charge is 2.28. The molecule has 0 bridgehead atoms. The molecule has 0 saturated carbocycles. The van der Waals surface area contributed by atoms with Gasteiger partial charge in [0, 0.05) is 0 Å². The number of hydrogen-bond acceptors (Lipinski definition) is 4. The molecule has 9 heavy (non-hydrogen) atoms. The third-order valence-corrected chi connectivity index (χ3v) is 3.08. The largest absolute Gasteiger partial charge is 0.252 e. The molecule has 0 aromatic rings. The molecule has 1 N–H and O–H groups in total. The van der Waals surface area contributed by atoms with E-state index >= 15 is 0 Å². The van der Waals surface area contributed by atoms with Crippen molar-refractivity contribution in [3.05, 3.63) is 0 Å². The van der Waals surface area contributed by atoms with Crippen LogP contribution in [0.25, 0.3) is 0 Å². The first-order chi connectivity index (χ1) is 4.14. The normalized spacial score (nSPS) is 32.8. The molecule has 1 saturated heterocycles. The summed E-state index contributed by atoms with van der Waals surface area (Å²) < 4.78 is 21.2. The summed E-state index contributed by atoms with van der Waals surface area (Å²) in [6, 6.07) is 0. The van der Waals surface area contributed by atoms with E-state index in [4.69, 9.17) is 5.26 Å². The Balaban J connectivity index is 2.58. The molecular weight excluding hydrogens is 144 g/mol. The summed E-state index contributed by atoms with van der Waals surface area (Å²) in [5.74, 6) is 0.0989. The first-order valence-corrected chi connectivity index (χ1v) is 4.47. The highest BCUT2D eigenvalue weighted by atomic mass is 32.2. The summed E-state index contributed by atoms with van der Waals surface area (Å²) >= 11 is 0. The van der Waals surface area contributed by atoms with Gasteiger partial charge in [-0.05, 0) is 6.42 Å². The van der Waals surface area contributed by atoms with Crippen LogP contribution < -0.4 is 0 Å². The lowest BCUT2D eigenvalue weighted by Crippen LogP contribution is -2.11. The minimum absolute atomic E-state index is 0.0382. The van der Waals surface area contributed by atoms with E-state index in [1.807, 2.05) is 0 Å². The Morgan fingerprint density at radius 3 is 2.44 bits per heavy atom. The minimum Gasteiger partial charge on any atom is -0.252 e. The van der Waals surface area contributed by atoms with E-state index in [0.717, 1.165) is 0 Å². The molecule has 0 aromatic carbocycles. The summed E-state index contributed by atoms with van der Waals surface area (Å²) in [6.07, 6.45) is -0.0752. The lowest BCUT2D eigenvalue weighted by atomic mass is 10.3. The van der Waals surface area contributed by atoms with E-state index in [2.05, 4.69) is 4.89 Å². The van der Waals surface area contributed by atoms with Crippen molar-refractivity contribution in [2.45, 2.75) is 12.5 Å². The molecule has 5 heteroatoms. The Hall–Kier alpha value is -0.130. The zero-order chi connectivity index (χ0) is 6.91. The number of hydrogen-bond donors (Lipinski definition) is 1. The van der Waals surface area contributed by atoms with Gasteiger partial charge >= 0.3 is 0 Å². The third kappa shape index (κ3) is 1.64. The van der Waals surface area contributed by atoms with Crippen molar-refractivity contribution < 1.29 is 18.6 Å². The van der Waals surface area contributed by atoms with Gasteiger partial charge < -0.3 is 0 Å². The summed E-state index contributed by atoms with van der Waals surface area (Å²) in [5, 5.41) is 8.03. The Morgan fingerprint density at radius 2 is 2.22 bits per heavy atom. The second kappa shape index (κ2) is 2.24. The lowest BCUT2D eigenvalue weighted by Gasteiger charge is -1.97. The summed E-state index contributed by atoms with van der Waals surface area (Å²) in [5.41, 5.74) is 0. The summed E-state index contributed by atoms with van der Waals surface area (Å²) in [7, 11) is -2.89. The van der Waals surface area contributed by atoms with Gasteiger partial charge in [0.2, 0.25) is 0 Å². The molecule has 4 nitrogen and oxygen atoms in total. The van der Waals surface area contributed by atoms with Gasteiger partial charge in [-0.1, -0.05) is 0 Å². The van der Waals surface area contributed by atoms with E-state index in [1.165, 1.54) is 0 Å². The zero-order valence-corrected chi connectivity index (χ0v) is 5.60. The van der Waals surface area contributed by atoms with Crippen molar-refractivity contribution in [2.75, 3.05) is 11.5 Å². The molecule has 1 aliphatic heterocycles. The average Bonchev–Trinajstić information content (AvgIpc) is 2.10. The fourth-order valence-corrected chi connectivity index (χ4v) is 2.43. The maximum Gasteiger partial charge on any atom is 0.153 e. The fourth-order valence-electron chi connectivity index (χ4n) is 0.844. The van der Waals surface area contributed by atoms with Crippen molar-refractivity contribution in [3.63, 3.8) is 0 Å². The molecule has 0 spiro atoms. The van der Waals surface area contributed by atoms with Crippen molar-refractivity contribution in [2.24, 2.45) is 0 Å². The SMILES string of the molecule is O=S1(=O)CCC(OO)C1.